The zero-order chi connectivity index (χ0) is 14.0. The third kappa shape index (κ3) is 2.96. The third-order valence-corrected chi connectivity index (χ3v) is 3.10. The fourth-order valence-corrected chi connectivity index (χ4v) is 1.78. The second kappa shape index (κ2) is 5.71. The molecule has 1 atom stereocenters. The van der Waals surface area contributed by atoms with Gasteiger partial charge in [-0.2, -0.15) is 0 Å². The number of hydrogen-bond acceptors (Lipinski definition) is 4. The normalized spacial score (nSPS) is 16.3. The van der Waals surface area contributed by atoms with Crippen LogP contribution in [0.15, 0.2) is 6.07 Å². The Morgan fingerprint density at radius 1 is 1.42 bits per heavy atom. The molecule has 0 heterocycles. The van der Waals surface area contributed by atoms with Crippen LogP contribution in [0.4, 0.5) is 8.78 Å². The number of rotatable bonds is 6. The van der Waals surface area contributed by atoms with Crippen molar-refractivity contribution in [1.82, 2.24) is 0 Å². The molecule has 0 aliphatic heterocycles. The van der Waals surface area contributed by atoms with Gasteiger partial charge in [0.05, 0.1) is 19.8 Å². The van der Waals surface area contributed by atoms with E-state index >= 15 is 0 Å². The van der Waals surface area contributed by atoms with Crippen LogP contribution in [0, 0.1) is 17.6 Å². The number of aliphatic hydroxyl groups excluding tert-OH is 1. The molecule has 1 aromatic carbocycles. The van der Waals surface area contributed by atoms with E-state index in [0.29, 0.717) is 12.5 Å². The number of hydrogen-bond donors (Lipinski definition) is 2. The molecule has 0 saturated heterocycles. The van der Waals surface area contributed by atoms with E-state index in [1.165, 1.54) is 7.11 Å². The molecule has 1 saturated carbocycles. The number of halogens is 2. The highest BCUT2D eigenvalue weighted by Crippen LogP contribution is 2.39. The topological polar surface area (TPSA) is 64.7 Å². The maximum Gasteiger partial charge on any atom is 0.200 e. The fraction of sp³-hybridized carbons (Fsp3) is 0.538. The molecule has 6 heteroatoms. The van der Waals surface area contributed by atoms with Gasteiger partial charge < -0.3 is 20.3 Å². The molecule has 1 aliphatic rings. The van der Waals surface area contributed by atoms with E-state index in [0.717, 1.165) is 18.9 Å². The average molecular weight is 273 g/mol. The van der Waals surface area contributed by atoms with E-state index in [-0.39, 0.29) is 23.6 Å². The number of methoxy groups -OCH3 is 1. The van der Waals surface area contributed by atoms with Gasteiger partial charge in [-0.05, 0) is 24.8 Å². The van der Waals surface area contributed by atoms with Gasteiger partial charge in [0.15, 0.2) is 17.4 Å². The van der Waals surface area contributed by atoms with Crippen molar-refractivity contribution in [2.45, 2.75) is 18.9 Å². The monoisotopic (exact) mass is 273 g/mol. The van der Waals surface area contributed by atoms with Gasteiger partial charge in [-0.15, -0.1) is 0 Å². The van der Waals surface area contributed by atoms with E-state index in [2.05, 4.69) is 0 Å². The van der Waals surface area contributed by atoms with Crippen LogP contribution >= 0.6 is 0 Å². The minimum Gasteiger partial charge on any atom is -0.490 e. The summed E-state index contributed by atoms with van der Waals surface area (Å²) in [6.07, 6.45) is 0.776. The van der Waals surface area contributed by atoms with Crippen LogP contribution in [0.1, 0.15) is 24.5 Å². The summed E-state index contributed by atoms with van der Waals surface area (Å²) in [7, 11) is 1.24. The highest BCUT2D eigenvalue weighted by Gasteiger charge is 2.27. The minimum absolute atomic E-state index is 0.204. The quantitative estimate of drug-likeness (QED) is 0.829. The lowest BCUT2D eigenvalue weighted by molar-refractivity contribution is 0.177. The van der Waals surface area contributed by atoms with Crippen molar-refractivity contribution >= 4 is 0 Å². The minimum atomic E-state index is -1.27. The lowest BCUT2D eigenvalue weighted by Gasteiger charge is -2.17. The fourth-order valence-electron chi connectivity index (χ4n) is 1.78. The molecular weight excluding hydrogens is 256 g/mol. The van der Waals surface area contributed by atoms with Crippen LogP contribution in [0.25, 0.3) is 0 Å². The molecule has 1 aromatic rings. The summed E-state index contributed by atoms with van der Waals surface area (Å²) in [5, 5.41) is 9.58. The first-order valence-electron chi connectivity index (χ1n) is 6.15. The Morgan fingerprint density at radius 2 is 2.11 bits per heavy atom. The Balaban J connectivity index is 2.36. The van der Waals surface area contributed by atoms with Gasteiger partial charge in [-0.1, -0.05) is 0 Å². The van der Waals surface area contributed by atoms with Crippen molar-refractivity contribution in [3.05, 3.63) is 23.3 Å². The summed E-state index contributed by atoms with van der Waals surface area (Å²) >= 11 is 0. The predicted molar refractivity (Wildman–Crippen MR) is 65.1 cm³/mol. The highest BCUT2D eigenvalue weighted by atomic mass is 19.1. The molecule has 3 N–H and O–H groups in total. The molecule has 2 rings (SSSR count). The first kappa shape index (κ1) is 14.0. The summed E-state index contributed by atoms with van der Waals surface area (Å²) in [6.45, 7) is 0.111. The van der Waals surface area contributed by atoms with Gasteiger partial charge in [0, 0.05) is 12.1 Å². The van der Waals surface area contributed by atoms with Gasteiger partial charge in [-0.25, -0.2) is 8.78 Å². The van der Waals surface area contributed by atoms with E-state index in [4.69, 9.17) is 15.2 Å². The van der Waals surface area contributed by atoms with Crippen molar-refractivity contribution in [2.75, 3.05) is 20.3 Å². The number of ether oxygens (including phenoxy) is 2. The Morgan fingerprint density at radius 3 is 2.63 bits per heavy atom. The van der Waals surface area contributed by atoms with Crippen LogP contribution in [-0.4, -0.2) is 25.4 Å². The van der Waals surface area contributed by atoms with Crippen LogP contribution in [0.3, 0.4) is 0 Å². The van der Waals surface area contributed by atoms with Gasteiger partial charge in [-0.3, -0.25) is 0 Å². The third-order valence-electron chi connectivity index (χ3n) is 3.10. The Bertz CT molecular complexity index is 464. The second-order valence-corrected chi connectivity index (χ2v) is 4.63. The molecule has 0 amide bonds. The average Bonchev–Trinajstić information content (AvgIpc) is 3.22. The number of aliphatic hydroxyl groups is 1. The zero-order valence-electron chi connectivity index (χ0n) is 10.7. The van der Waals surface area contributed by atoms with Crippen molar-refractivity contribution in [3.63, 3.8) is 0 Å². The molecule has 0 bridgehead atoms. The van der Waals surface area contributed by atoms with Gasteiger partial charge in [0.1, 0.15) is 0 Å². The first-order valence-corrected chi connectivity index (χ1v) is 6.15. The van der Waals surface area contributed by atoms with Gasteiger partial charge >= 0.3 is 0 Å². The molecular formula is C13H17F2NO3. The second-order valence-electron chi connectivity index (χ2n) is 4.63. The summed E-state index contributed by atoms with van der Waals surface area (Å²) in [6, 6.07) is 0.885. The molecule has 106 valence electrons. The standard InChI is InChI=1S/C13H17F2NO3/c1-18-12-9(14)4-8(10(17)5-16)11(15)13(12)19-6-7-2-3-7/h4,7,10,17H,2-3,5-6,16H2,1H3. The molecule has 1 fully saturated rings. The van der Waals surface area contributed by atoms with Crippen molar-refractivity contribution in [3.8, 4) is 11.5 Å². The maximum atomic E-state index is 14.2. The molecule has 0 spiro atoms. The largest absolute Gasteiger partial charge is 0.490 e. The van der Waals surface area contributed by atoms with Crippen molar-refractivity contribution in [1.29, 1.82) is 0 Å². The maximum absolute atomic E-state index is 14.2. The Kier molecular flexibility index (Phi) is 4.21. The van der Waals surface area contributed by atoms with Gasteiger partial charge in [0.2, 0.25) is 5.75 Å². The highest BCUT2D eigenvalue weighted by molar-refractivity contribution is 5.46. The molecule has 1 aliphatic carbocycles. The molecule has 0 aromatic heterocycles. The lowest BCUT2D eigenvalue weighted by Crippen LogP contribution is -2.15. The van der Waals surface area contributed by atoms with E-state index in [1.807, 2.05) is 0 Å². The van der Waals surface area contributed by atoms with E-state index in [1.54, 1.807) is 0 Å². The van der Waals surface area contributed by atoms with Crippen molar-refractivity contribution in [2.24, 2.45) is 11.7 Å². The summed E-state index contributed by atoms with van der Waals surface area (Å²) in [5.41, 5.74) is 5.05. The zero-order valence-corrected chi connectivity index (χ0v) is 10.7. The Hall–Kier alpha value is -1.40. The first-order chi connectivity index (χ1) is 9.08. The molecule has 1 unspecified atom stereocenters. The summed E-state index contributed by atoms with van der Waals surface area (Å²) < 4.78 is 38.2. The van der Waals surface area contributed by atoms with Crippen molar-refractivity contribution < 1.29 is 23.4 Å². The molecule has 4 nitrogen and oxygen atoms in total. The van der Waals surface area contributed by atoms with Crippen LogP contribution < -0.4 is 15.2 Å². The predicted octanol–water partition coefficient (Wildman–Crippen LogP) is 1.75. The number of nitrogens with two attached hydrogens (primary N) is 1. The summed E-state index contributed by atoms with van der Waals surface area (Å²) in [5.74, 6) is -1.80. The van der Waals surface area contributed by atoms with E-state index < -0.39 is 17.7 Å². The smallest absolute Gasteiger partial charge is 0.200 e. The number of benzene rings is 1. The lowest BCUT2D eigenvalue weighted by atomic mass is 10.1. The van der Waals surface area contributed by atoms with Gasteiger partial charge in [0.25, 0.3) is 0 Å². The van der Waals surface area contributed by atoms with Crippen LogP contribution in [-0.2, 0) is 0 Å². The van der Waals surface area contributed by atoms with E-state index in [9.17, 15) is 13.9 Å². The molecule has 0 radical (unpaired) electrons. The SMILES string of the molecule is COc1c(F)cc(C(O)CN)c(F)c1OCC1CC1. The Labute approximate surface area is 110 Å². The van der Waals surface area contributed by atoms with Crippen LogP contribution in [0.2, 0.25) is 0 Å². The molecule has 19 heavy (non-hydrogen) atoms. The van der Waals surface area contributed by atoms with Crippen LogP contribution in [0.5, 0.6) is 11.5 Å². The summed E-state index contributed by atoms with van der Waals surface area (Å²) in [4.78, 5) is 0.